The molecule has 0 radical (unpaired) electrons. The Hall–Kier alpha value is -2.16. The number of piperazine rings is 1. The van der Waals surface area contributed by atoms with Crippen LogP contribution in [0.25, 0.3) is 0 Å². The molecule has 0 N–H and O–H groups in total. The van der Waals surface area contributed by atoms with Crippen molar-refractivity contribution < 1.29 is 22.4 Å². The first kappa shape index (κ1) is 18.6. The molecule has 142 valence electrons. The molecule has 9 heteroatoms. The number of urea groups is 1. The zero-order chi connectivity index (χ0) is 19.1. The van der Waals surface area contributed by atoms with E-state index in [1.54, 1.807) is 28.7 Å². The zero-order valence-electron chi connectivity index (χ0n) is 14.8. The smallest absolute Gasteiger partial charge is 0.320 e. The first-order valence-electron chi connectivity index (χ1n) is 8.48. The highest BCUT2D eigenvalue weighted by Gasteiger charge is 2.40. The second kappa shape index (κ2) is 6.86. The molecule has 0 saturated carbocycles. The summed E-state index contributed by atoms with van der Waals surface area (Å²) in [5, 5.41) is 0. The van der Waals surface area contributed by atoms with Gasteiger partial charge >= 0.3 is 6.03 Å². The first-order chi connectivity index (χ1) is 12.2. The fourth-order valence-electron chi connectivity index (χ4n) is 3.53. The monoisotopic (exact) mass is 383 g/mol. The Balaban J connectivity index is 1.65. The highest BCUT2D eigenvalue weighted by Crippen LogP contribution is 2.22. The topological polar surface area (TPSA) is 78.0 Å². The lowest BCUT2D eigenvalue weighted by molar-refractivity contribution is -0.136. The van der Waals surface area contributed by atoms with Crippen molar-refractivity contribution >= 4 is 21.8 Å². The number of halogens is 1. The molecule has 3 amide bonds. The van der Waals surface area contributed by atoms with Gasteiger partial charge in [0.1, 0.15) is 5.82 Å². The Kier molecular flexibility index (Phi) is 4.92. The Morgan fingerprint density at radius 2 is 1.88 bits per heavy atom. The van der Waals surface area contributed by atoms with E-state index in [0.29, 0.717) is 26.2 Å². The SMILES string of the molecule is CC(CS(=O)(=O)c1ccc(F)cc1)C(=O)N1CCN2C(=O)N(C)CC2C1. The summed E-state index contributed by atoms with van der Waals surface area (Å²) >= 11 is 0. The zero-order valence-corrected chi connectivity index (χ0v) is 15.6. The predicted octanol–water partition coefficient (Wildman–Crippen LogP) is 0.814. The van der Waals surface area contributed by atoms with Crippen molar-refractivity contribution in [1.82, 2.24) is 14.7 Å². The van der Waals surface area contributed by atoms with Gasteiger partial charge in [-0.05, 0) is 24.3 Å². The summed E-state index contributed by atoms with van der Waals surface area (Å²) in [7, 11) is -1.96. The molecule has 0 bridgehead atoms. The summed E-state index contributed by atoms with van der Waals surface area (Å²) in [4.78, 5) is 29.7. The molecule has 1 aromatic carbocycles. The second-order valence-electron chi connectivity index (χ2n) is 6.93. The van der Waals surface area contributed by atoms with E-state index in [9.17, 15) is 22.4 Å². The van der Waals surface area contributed by atoms with Gasteiger partial charge in [-0.2, -0.15) is 0 Å². The van der Waals surface area contributed by atoms with Gasteiger partial charge < -0.3 is 14.7 Å². The van der Waals surface area contributed by atoms with Crippen LogP contribution in [0, 0.1) is 11.7 Å². The van der Waals surface area contributed by atoms with Crippen molar-refractivity contribution in [3.8, 4) is 0 Å². The van der Waals surface area contributed by atoms with E-state index in [-0.39, 0.29) is 28.6 Å². The fourth-order valence-corrected chi connectivity index (χ4v) is 5.07. The predicted molar refractivity (Wildman–Crippen MR) is 92.7 cm³/mol. The normalized spacial score (nSPS) is 21.7. The summed E-state index contributed by atoms with van der Waals surface area (Å²) in [6.45, 7) is 3.41. The van der Waals surface area contributed by atoms with Crippen LogP contribution in [0.3, 0.4) is 0 Å². The molecule has 2 unspecified atom stereocenters. The summed E-state index contributed by atoms with van der Waals surface area (Å²) in [5.74, 6) is -1.80. The molecular formula is C17H22FN3O4S. The molecule has 2 heterocycles. The molecule has 2 fully saturated rings. The van der Waals surface area contributed by atoms with E-state index in [1.165, 1.54) is 12.1 Å². The highest BCUT2D eigenvalue weighted by molar-refractivity contribution is 7.91. The van der Waals surface area contributed by atoms with E-state index >= 15 is 0 Å². The molecule has 3 rings (SSSR count). The number of fused-ring (bicyclic) bond motifs is 1. The number of benzene rings is 1. The highest BCUT2D eigenvalue weighted by atomic mass is 32.2. The number of hydrogen-bond acceptors (Lipinski definition) is 4. The quantitative estimate of drug-likeness (QED) is 0.721. The molecule has 2 aliphatic rings. The number of carbonyl (C=O) groups excluding carboxylic acids is 2. The number of carbonyl (C=O) groups is 2. The Morgan fingerprint density at radius 1 is 1.23 bits per heavy atom. The lowest BCUT2D eigenvalue weighted by atomic mass is 10.1. The van der Waals surface area contributed by atoms with E-state index in [0.717, 1.165) is 12.1 Å². The van der Waals surface area contributed by atoms with E-state index < -0.39 is 21.6 Å². The van der Waals surface area contributed by atoms with Crippen LogP contribution in [-0.4, -0.2) is 80.1 Å². The lowest BCUT2D eigenvalue weighted by Gasteiger charge is -2.37. The van der Waals surface area contributed by atoms with E-state index in [4.69, 9.17) is 0 Å². The molecule has 26 heavy (non-hydrogen) atoms. The van der Waals surface area contributed by atoms with Crippen LogP contribution in [-0.2, 0) is 14.6 Å². The maximum atomic E-state index is 13.0. The third kappa shape index (κ3) is 3.53. The molecule has 2 aliphatic heterocycles. The number of rotatable bonds is 4. The molecule has 0 aromatic heterocycles. The fraction of sp³-hybridized carbons (Fsp3) is 0.529. The number of amides is 3. The van der Waals surface area contributed by atoms with Crippen molar-refractivity contribution in [2.75, 3.05) is 39.0 Å². The standard InChI is InChI=1S/C17H22FN3O4S/c1-12(11-26(24,25)15-5-3-13(18)4-6-15)16(22)20-7-8-21-14(10-20)9-19(2)17(21)23/h3-6,12,14H,7-11H2,1-2H3. The van der Waals surface area contributed by atoms with Crippen molar-refractivity contribution in [3.63, 3.8) is 0 Å². The van der Waals surface area contributed by atoms with Gasteiger partial charge in [0.15, 0.2) is 9.84 Å². The first-order valence-corrected chi connectivity index (χ1v) is 10.1. The van der Waals surface area contributed by atoms with Gasteiger partial charge in [-0.15, -0.1) is 0 Å². The third-order valence-corrected chi connectivity index (χ3v) is 6.84. The maximum Gasteiger partial charge on any atom is 0.320 e. The van der Waals surface area contributed by atoms with Crippen LogP contribution in [0.2, 0.25) is 0 Å². The van der Waals surface area contributed by atoms with Crippen LogP contribution in [0.4, 0.5) is 9.18 Å². The number of hydrogen-bond donors (Lipinski definition) is 0. The van der Waals surface area contributed by atoms with Crippen LogP contribution in [0.5, 0.6) is 0 Å². The molecule has 1 aromatic rings. The molecule has 2 saturated heterocycles. The molecule has 7 nitrogen and oxygen atoms in total. The molecule has 2 atom stereocenters. The van der Waals surface area contributed by atoms with Crippen molar-refractivity contribution in [3.05, 3.63) is 30.1 Å². The van der Waals surface area contributed by atoms with Gasteiger partial charge in [0, 0.05) is 39.1 Å². The van der Waals surface area contributed by atoms with E-state index in [1.807, 2.05) is 0 Å². The minimum atomic E-state index is -3.68. The van der Waals surface area contributed by atoms with Crippen LogP contribution >= 0.6 is 0 Å². The summed E-state index contributed by atoms with van der Waals surface area (Å²) in [6, 6.07) is 4.51. The van der Waals surface area contributed by atoms with Gasteiger partial charge in [-0.1, -0.05) is 6.92 Å². The minimum absolute atomic E-state index is 0.00591. The minimum Gasteiger partial charge on any atom is -0.339 e. The van der Waals surface area contributed by atoms with Crippen molar-refractivity contribution in [2.45, 2.75) is 17.9 Å². The van der Waals surface area contributed by atoms with E-state index in [2.05, 4.69) is 0 Å². The number of likely N-dealkylation sites (N-methyl/N-ethyl adjacent to an activating group) is 1. The second-order valence-corrected chi connectivity index (χ2v) is 8.97. The Morgan fingerprint density at radius 3 is 2.54 bits per heavy atom. The number of sulfone groups is 1. The van der Waals surface area contributed by atoms with Crippen molar-refractivity contribution in [2.24, 2.45) is 5.92 Å². The summed E-state index contributed by atoms with van der Waals surface area (Å²) in [6.07, 6.45) is 0. The molecule has 0 spiro atoms. The Labute approximate surface area is 152 Å². The Bertz CT molecular complexity index is 812. The average molecular weight is 383 g/mol. The summed E-state index contributed by atoms with van der Waals surface area (Å²) < 4.78 is 37.9. The molecular weight excluding hydrogens is 361 g/mol. The van der Waals surface area contributed by atoms with Crippen LogP contribution in [0.1, 0.15) is 6.92 Å². The van der Waals surface area contributed by atoms with Crippen molar-refractivity contribution in [1.29, 1.82) is 0 Å². The lowest BCUT2D eigenvalue weighted by Crippen LogP contribution is -2.55. The van der Waals surface area contributed by atoms with Gasteiger partial charge in [-0.3, -0.25) is 4.79 Å². The number of nitrogens with zero attached hydrogens (tertiary/aromatic N) is 3. The largest absolute Gasteiger partial charge is 0.339 e. The van der Waals surface area contributed by atoms with Gasteiger partial charge in [0.05, 0.1) is 16.7 Å². The van der Waals surface area contributed by atoms with Gasteiger partial charge in [-0.25, -0.2) is 17.6 Å². The van der Waals surface area contributed by atoms with Gasteiger partial charge in [0.2, 0.25) is 5.91 Å². The van der Waals surface area contributed by atoms with Crippen LogP contribution < -0.4 is 0 Å². The molecule has 0 aliphatic carbocycles. The summed E-state index contributed by atoms with van der Waals surface area (Å²) in [5.41, 5.74) is 0. The maximum absolute atomic E-state index is 13.0. The van der Waals surface area contributed by atoms with Crippen LogP contribution in [0.15, 0.2) is 29.2 Å². The third-order valence-electron chi connectivity index (χ3n) is 4.92. The van der Waals surface area contributed by atoms with Gasteiger partial charge in [0.25, 0.3) is 0 Å². The average Bonchev–Trinajstić information content (AvgIpc) is 2.88.